The fourth-order valence-electron chi connectivity index (χ4n) is 2.44. The molecule has 1 aliphatic heterocycles. The fourth-order valence-corrected chi connectivity index (χ4v) is 4.59. The Bertz CT molecular complexity index is 522. The third-order valence-corrected chi connectivity index (χ3v) is 5.89. The summed E-state index contributed by atoms with van der Waals surface area (Å²) < 4.78 is 24.7. The lowest BCUT2D eigenvalue weighted by Crippen LogP contribution is -2.29. The first-order valence-electron chi connectivity index (χ1n) is 5.96. The first-order valence-corrected chi connectivity index (χ1v) is 7.51. The number of aryl methyl sites for hydroxylation is 1. The second kappa shape index (κ2) is 4.42. The highest BCUT2D eigenvalue weighted by Gasteiger charge is 2.37. The average molecular weight is 253 g/mol. The summed E-state index contributed by atoms with van der Waals surface area (Å²) in [5.41, 5.74) is 2.10. The summed E-state index contributed by atoms with van der Waals surface area (Å²) in [6, 6.07) is 5.78. The average Bonchev–Trinajstić information content (AvgIpc) is 2.53. The zero-order valence-corrected chi connectivity index (χ0v) is 11.3. The van der Waals surface area contributed by atoms with Crippen LogP contribution in [0.5, 0.6) is 0 Å². The molecule has 1 heterocycles. The van der Waals surface area contributed by atoms with Gasteiger partial charge in [-0.05, 0) is 50.9 Å². The van der Waals surface area contributed by atoms with Crippen LogP contribution in [0.15, 0.2) is 23.1 Å². The lowest BCUT2D eigenvalue weighted by Gasteiger charge is -2.15. The Morgan fingerprint density at radius 1 is 1.47 bits per heavy atom. The summed E-state index contributed by atoms with van der Waals surface area (Å²) in [4.78, 5) is 0.547. The molecule has 2 unspecified atom stereocenters. The number of benzene rings is 1. The molecule has 0 aliphatic carbocycles. The maximum atomic E-state index is 12.4. The largest absolute Gasteiger partial charge is 0.317 e. The molecule has 0 aromatic heterocycles. The molecule has 94 valence electrons. The quantitative estimate of drug-likeness (QED) is 0.891. The summed E-state index contributed by atoms with van der Waals surface area (Å²) in [6.07, 6.45) is 1.34. The van der Waals surface area contributed by atoms with E-state index >= 15 is 0 Å². The Hall–Kier alpha value is -0.870. The Labute approximate surface area is 103 Å². The number of hydrogen-bond donors (Lipinski definition) is 1. The smallest absolute Gasteiger partial charge is 0.181 e. The first kappa shape index (κ1) is 12.6. The van der Waals surface area contributed by atoms with Crippen molar-refractivity contribution >= 4 is 9.84 Å². The molecule has 0 amide bonds. The topological polar surface area (TPSA) is 46.2 Å². The molecule has 2 atom stereocenters. The van der Waals surface area contributed by atoms with Crippen molar-refractivity contribution in [3.63, 3.8) is 0 Å². The van der Waals surface area contributed by atoms with E-state index in [1.807, 2.05) is 33.0 Å². The molecule has 0 saturated carbocycles. The van der Waals surface area contributed by atoms with Crippen molar-refractivity contribution in [2.24, 2.45) is 0 Å². The fraction of sp³-hybridized carbons (Fsp3) is 0.538. The Morgan fingerprint density at radius 2 is 2.18 bits per heavy atom. The van der Waals surface area contributed by atoms with E-state index in [2.05, 4.69) is 5.32 Å². The zero-order chi connectivity index (χ0) is 12.6. The minimum Gasteiger partial charge on any atom is -0.317 e. The number of hydrogen-bond acceptors (Lipinski definition) is 3. The van der Waals surface area contributed by atoms with Gasteiger partial charge < -0.3 is 5.32 Å². The van der Waals surface area contributed by atoms with Gasteiger partial charge in [0.05, 0.1) is 10.1 Å². The van der Waals surface area contributed by atoms with Crippen molar-refractivity contribution in [2.45, 2.75) is 42.9 Å². The monoisotopic (exact) mass is 253 g/mol. The van der Waals surface area contributed by atoms with E-state index in [1.54, 1.807) is 6.07 Å². The highest BCUT2D eigenvalue weighted by atomic mass is 32.2. The molecule has 17 heavy (non-hydrogen) atoms. The van der Waals surface area contributed by atoms with Gasteiger partial charge in [-0.15, -0.1) is 0 Å². The molecule has 4 heteroatoms. The van der Waals surface area contributed by atoms with Gasteiger partial charge >= 0.3 is 0 Å². The predicted molar refractivity (Wildman–Crippen MR) is 69.0 cm³/mol. The van der Waals surface area contributed by atoms with Crippen LogP contribution in [0.1, 0.15) is 24.5 Å². The van der Waals surface area contributed by atoms with Crippen LogP contribution in [0.3, 0.4) is 0 Å². The summed E-state index contributed by atoms with van der Waals surface area (Å²) in [7, 11) is -1.25. The number of fused-ring (bicyclic) bond motifs is 1. The molecular formula is C13H19NO2S. The van der Waals surface area contributed by atoms with Gasteiger partial charge in [0.1, 0.15) is 0 Å². The van der Waals surface area contributed by atoms with Crippen LogP contribution >= 0.6 is 0 Å². The first-order chi connectivity index (χ1) is 7.96. The van der Waals surface area contributed by atoms with Crippen LogP contribution in [-0.2, 0) is 16.3 Å². The standard InChI is InChI=1S/C13H19NO2S/c1-9-5-4-6-13-12(9)8-11(17(13,15)16)7-10(2)14-3/h4-6,10-11,14H,7-8H2,1-3H3. The van der Waals surface area contributed by atoms with E-state index < -0.39 is 9.84 Å². The summed E-state index contributed by atoms with van der Waals surface area (Å²) in [5, 5.41) is 2.84. The highest BCUT2D eigenvalue weighted by molar-refractivity contribution is 7.92. The molecule has 0 fully saturated rings. The van der Waals surface area contributed by atoms with E-state index in [9.17, 15) is 8.42 Å². The molecule has 0 spiro atoms. The molecular weight excluding hydrogens is 234 g/mol. The number of sulfone groups is 1. The van der Waals surface area contributed by atoms with E-state index in [0.717, 1.165) is 11.1 Å². The van der Waals surface area contributed by atoms with E-state index in [4.69, 9.17) is 0 Å². The second-order valence-electron chi connectivity index (χ2n) is 4.85. The summed E-state index contributed by atoms with van der Waals surface area (Å²) in [5.74, 6) is 0. The highest BCUT2D eigenvalue weighted by Crippen LogP contribution is 2.35. The Balaban J connectivity index is 2.37. The minimum atomic E-state index is -3.11. The lowest BCUT2D eigenvalue weighted by atomic mass is 10.0. The van der Waals surface area contributed by atoms with Crippen molar-refractivity contribution in [2.75, 3.05) is 7.05 Å². The van der Waals surface area contributed by atoms with Crippen molar-refractivity contribution in [3.8, 4) is 0 Å². The SMILES string of the molecule is CNC(C)CC1Cc2c(C)cccc2S1(=O)=O. The molecule has 1 N–H and O–H groups in total. The van der Waals surface area contributed by atoms with Gasteiger partial charge in [-0.25, -0.2) is 8.42 Å². The van der Waals surface area contributed by atoms with Gasteiger partial charge in [0, 0.05) is 6.04 Å². The lowest BCUT2D eigenvalue weighted by molar-refractivity contribution is 0.526. The van der Waals surface area contributed by atoms with Gasteiger partial charge in [0.25, 0.3) is 0 Å². The Kier molecular flexibility index (Phi) is 3.27. The van der Waals surface area contributed by atoms with Gasteiger partial charge in [-0.2, -0.15) is 0 Å². The van der Waals surface area contributed by atoms with Crippen LogP contribution in [0.4, 0.5) is 0 Å². The van der Waals surface area contributed by atoms with Gasteiger partial charge in [-0.3, -0.25) is 0 Å². The predicted octanol–water partition coefficient (Wildman–Crippen LogP) is 1.69. The van der Waals surface area contributed by atoms with Gasteiger partial charge in [0.15, 0.2) is 9.84 Å². The van der Waals surface area contributed by atoms with E-state index in [0.29, 0.717) is 17.7 Å². The van der Waals surface area contributed by atoms with Crippen molar-refractivity contribution in [1.29, 1.82) is 0 Å². The van der Waals surface area contributed by atoms with Crippen LogP contribution < -0.4 is 5.32 Å². The molecule has 0 bridgehead atoms. The van der Waals surface area contributed by atoms with Crippen LogP contribution in [0.25, 0.3) is 0 Å². The molecule has 0 radical (unpaired) electrons. The molecule has 1 aromatic carbocycles. The maximum absolute atomic E-state index is 12.4. The Morgan fingerprint density at radius 3 is 2.76 bits per heavy atom. The minimum absolute atomic E-state index is 0.226. The summed E-state index contributed by atoms with van der Waals surface area (Å²) >= 11 is 0. The molecule has 2 rings (SSSR count). The van der Waals surface area contributed by atoms with Crippen molar-refractivity contribution in [3.05, 3.63) is 29.3 Å². The maximum Gasteiger partial charge on any atom is 0.181 e. The molecule has 3 nitrogen and oxygen atoms in total. The molecule has 1 aromatic rings. The third-order valence-electron chi connectivity index (χ3n) is 3.65. The molecule has 1 aliphatic rings. The van der Waals surface area contributed by atoms with E-state index in [1.165, 1.54) is 0 Å². The third kappa shape index (κ3) is 2.11. The van der Waals surface area contributed by atoms with E-state index in [-0.39, 0.29) is 11.3 Å². The van der Waals surface area contributed by atoms with Crippen LogP contribution in [0.2, 0.25) is 0 Å². The zero-order valence-electron chi connectivity index (χ0n) is 10.5. The van der Waals surface area contributed by atoms with Crippen molar-refractivity contribution in [1.82, 2.24) is 5.32 Å². The second-order valence-corrected chi connectivity index (χ2v) is 7.04. The van der Waals surface area contributed by atoms with Crippen LogP contribution in [0, 0.1) is 6.92 Å². The van der Waals surface area contributed by atoms with Gasteiger partial charge in [0.2, 0.25) is 0 Å². The number of rotatable bonds is 3. The van der Waals surface area contributed by atoms with Crippen LogP contribution in [-0.4, -0.2) is 26.8 Å². The van der Waals surface area contributed by atoms with Crippen molar-refractivity contribution < 1.29 is 8.42 Å². The summed E-state index contributed by atoms with van der Waals surface area (Å²) in [6.45, 7) is 4.00. The number of nitrogens with one attached hydrogen (secondary N) is 1. The normalized spacial score (nSPS) is 23.4. The molecule has 0 saturated heterocycles. The van der Waals surface area contributed by atoms with Gasteiger partial charge in [-0.1, -0.05) is 12.1 Å².